The summed E-state index contributed by atoms with van der Waals surface area (Å²) in [6, 6.07) is 1.49. The van der Waals surface area contributed by atoms with Crippen molar-refractivity contribution in [2.45, 2.75) is 26.9 Å². The van der Waals surface area contributed by atoms with Crippen LogP contribution in [0.4, 0.5) is 5.69 Å². The Hall–Kier alpha value is -1.82. The molecule has 0 aliphatic heterocycles. The summed E-state index contributed by atoms with van der Waals surface area (Å²) in [5, 5.41) is 0. The van der Waals surface area contributed by atoms with E-state index in [9.17, 15) is 4.79 Å². The lowest BCUT2D eigenvalue weighted by atomic mass is 10.2. The molecule has 0 saturated carbocycles. The number of nitrogen functional groups attached to an aromatic ring is 1. The van der Waals surface area contributed by atoms with Gasteiger partial charge in [-0.15, -0.1) is 0 Å². The highest BCUT2D eigenvalue weighted by Gasteiger charge is 2.17. The highest BCUT2D eigenvalue weighted by molar-refractivity contribution is 5.92. The molecule has 1 heterocycles. The van der Waals surface area contributed by atoms with Crippen LogP contribution in [0.3, 0.4) is 0 Å². The first-order valence-corrected chi connectivity index (χ1v) is 6.25. The first-order chi connectivity index (χ1) is 9.08. The van der Waals surface area contributed by atoms with Gasteiger partial charge in [0.2, 0.25) is 5.88 Å². The zero-order valence-electron chi connectivity index (χ0n) is 11.5. The quantitative estimate of drug-likeness (QED) is 0.757. The van der Waals surface area contributed by atoms with Crippen LogP contribution in [0.1, 0.15) is 31.1 Å². The van der Waals surface area contributed by atoms with E-state index in [1.165, 1.54) is 12.3 Å². The summed E-state index contributed by atoms with van der Waals surface area (Å²) in [6.07, 6.45) is 1.22. The predicted molar refractivity (Wildman–Crippen MR) is 71.2 cm³/mol. The van der Waals surface area contributed by atoms with Crippen LogP contribution in [0.2, 0.25) is 0 Å². The van der Waals surface area contributed by atoms with Crippen LogP contribution in [0.5, 0.6) is 5.88 Å². The second-order valence-electron chi connectivity index (χ2n) is 3.93. The minimum Gasteiger partial charge on any atom is -0.472 e. The highest BCUT2D eigenvalue weighted by Crippen LogP contribution is 2.20. The summed E-state index contributed by atoms with van der Waals surface area (Å²) in [4.78, 5) is 15.8. The normalized spacial score (nSPS) is 11.9. The van der Waals surface area contributed by atoms with E-state index in [1.807, 2.05) is 13.8 Å². The molecule has 2 N–H and O–H groups in total. The van der Waals surface area contributed by atoms with Gasteiger partial charge < -0.3 is 19.9 Å². The second kappa shape index (κ2) is 7.58. The molecule has 1 aromatic rings. The maximum absolute atomic E-state index is 11.8. The van der Waals surface area contributed by atoms with Crippen LogP contribution in [0.25, 0.3) is 0 Å². The Balaban J connectivity index is 2.84. The van der Waals surface area contributed by atoms with Crippen LogP contribution in [-0.4, -0.2) is 36.9 Å². The van der Waals surface area contributed by atoms with Gasteiger partial charge in [0, 0.05) is 6.61 Å². The van der Waals surface area contributed by atoms with Gasteiger partial charge in [-0.25, -0.2) is 9.78 Å². The van der Waals surface area contributed by atoms with E-state index in [0.29, 0.717) is 18.9 Å². The molecular weight excluding hydrogens is 248 g/mol. The van der Waals surface area contributed by atoms with Gasteiger partial charge in [-0.1, -0.05) is 0 Å². The largest absolute Gasteiger partial charge is 0.472 e. The summed E-state index contributed by atoms with van der Waals surface area (Å²) >= 11 is 0. The Labute approximate surface area is 112 Å². The molecule has 0 bridgehead atoms. The lowest BCUT2D eigenvalue weighted by molar-refractivity contribution is 0.0487. The number of anilines is 1. The average molecular weight is 268 g/mol. The van der Waals surface area contributed by atoms with Crippen LogP contribution in [0.15, 0.2) is 12.3 Å². The predicted octanol–water partition coefficient (Wildman–Crippen LogP) is 1.64. The minimum atomic E-state index is -0.499. The van der Waals surface area contributed by atoms with Crippen molar-refractivity contribution in [2.75, 3.05) is 25.6 Å². The number of carbonyl (C=O) groups is 1. The molecule has 0 fully saturated rings. The Kier molecular flexibility index (Phi) is 6.08. The molecular formula is C13H20N2O4. The maximum atomic E-state index is 11.8. The standard InChI is InChI=1S/C13H20N2O4/c1-4-17-8-9(3)19-12-11(13(16)18-5-2)6-10(14)7-15-12/h6-7,9H,4-5,8,14H2,1-3H3. The molecule has 0 spiro atoms. The van der Waals surface area contributed by atoms with E-state index in [1.54, 1.807) is 6.92 Å². The third-order valence-electron chi connectivity index (χ3n) is 2.24. The number of ether oxygens (including phenoxy) is 3. The summed E-state index contributed by atoms with van der Waals surface area (Å²) in [5.74, 6) is -0.291. The number of nitrogens with two attached hydrogens (primary N) is 1. The number of pyridine rings is 1. The van der Waals surface area contributed by atoms with E-state index in [2.05, 4.69) is 4.98 Å². The SMILES string of the molecule is CCOCC(C)Oc1ncc(N)cc1C(=O)OCC. The summed E-state index contributed by atoms with van der Waals surface area (Å²) in [6.45, 7) is 6.77. The molecule has 1 atom stereocenters. The van der Waals surface area contributed by atoms with E-state index >= 15 is 0 Å². The number of rotatable bonds is 7. The molecule has 0 aliphatic rings. The van der Waals surface area contributed by atoms with Crippen molar-refractivity contribution >= 4 is 11.7 Å². The van der Waals surface area contributed by atoms with Crippen molar-refractivity contribution in [2.24, 2.45) is 0 Å². The number of hydrogen-bond acceptors (Lipinski definition) is 6. The molecule has 0 saturated heterocycles. The molecule has 6 heteroatoms. The second-order valence-corrected chi connectivity index (χ2v) is 3.93. The Morgan fingerprint density at radius 2 is 2.16 bits per heavy atom. The van der Waals surface area contributed by atoms with Crippen molar-refractivity contribution in [3.8, 4) is 5.88 Å². The van der Waals surface area contributed by atoms with Gasteiger partial charge in [-0.05, 0) is 26.8 Å². The fraction of sp³-hybridized carbons (Fsp3) is 0.538. The van der Waals surface area contributed by atoms with Crippen LogP contribution in [-0.2, 0) is 9.47 Å². The first kappa shape index (κ1) is 15.2. The third-order valence-corrected chi connectivity index (χ3v) is 2.24. The zero-order chi connectivity index (χ0) is 14.3. The number of nitrogens with zero attached hydrogens (tertiary/aromatic N) is 1. The Morgan fingerprint density at radius 3 is 2.79 bits per heavy atom. The third kappa shape index (κ3) is 4.75. The monoisotopic (exact) mass is 268 g/mol. The molecule has 19 heavy (non-hydrogen) atoms. The Bertz CT molecular complexity index is 423. The topological polar surface area (TPSA) is 83.7 Å². The van der Waals surface area contributed by atoms with Gasteiger partial charge in [0.15, 0.2) is 0 Å². The molecule has 6 nitrogen and oxygen atoms in total. The number of hydrogen-bond donors (Lipinski definition) is 1. The van der Waals surface area contributed by atoms with Gasteiger partial charge in [-0.3, -0.25) is 0 Å². The fourth-order valence-corrected chi connectivity index (χ4v) is 1.43. The van der Waals surface area contributed by atoms with Crippen LogP contribution < -0.4 is 10.5 Å². The summed E-state index contributed by atoms with van der Waals surface area (Å²) in [7, 11) is 0. The van der Waals surface area contributed by atoms with Gasteiger partial charge in [0.1, 0.15) is 11.7 Å². The van der Waals surface area contributed by atoms with Crippen LogP contribution >= 0.6 is 0 Å². The summed E-state index contributed by atoms with van der Waals surface area (Å²) < 4.78 is 15.8. The van der Waals surface area contributed by atoms with Crippen molar-refractivity contribution in [3.05, 3.63) is 17.8 Å². The summed E-state index contributed by atoms with van der Waals surface area (Å²) in [5.41, 5.74) is 6.23. The lowest BCUT2D eigenvalue weighted by Gasteiger charge is -2.16. The molecule has 1 unspecified atom stereocenters. The molecule has 1 rings (SSSR count). The van der Waals surface area contributed by atoms with Gasteiger partial charge >= 0.3 is 5.97 Å². The van der Waals surface area contributed by atoms with Crippen molar-refractivity contribution in [1.29, 1.82) is 0 Å². The minimum absolute atomic E-state index is 0.208. The van der Waals surface area contributed by atoms with E-state index in [-0.39, 0.29) is 24.2 Å². The molecule has 0 aliphatic carbocycles. The number of carbonyl (C=O) groups excluding carboxylic acids is 1. The van der Waals surface area contributed by atoms with E-state index in [4.69, 9.17) is 19.9 Å². The average Bonchev–Trinajstić information content (AvgIpc) is 2.38. The zero-order valence-corrected chi connectivity index (χ0v) is 11.5. The number of esters is 1. The molecule has 0 radical (unpaired) electrons. The molecule has 0 aromatic carbocycles. The molecule has 0 amide bonds. The smallest absolute Gasteiger partial charge is 0.343 e. The van der Waals surface area contributed by atoms with Crippen LogP contribution in [0, 0.1) is 0 Å². The lowest BCUT2D eigenvalue weighted by Crippen LogP contribution is -2.21. The highest BCUT2D eigenvalue weighted by atomic mass is 16.5. The van der Waals surface area contributed by atoms with Crippen molar-refractivity contribution in [3.63, 3.8) is 0 Å². The van der Waals surface area contributed by atoms with Crippen molar-refractivity contribution in [1.82, 2.24) is 4.98 Å². The molecule has 106 valence electrons. The van der Waals surface area contributed by atoms with Gasteiger partial charge in [-0.2, -0.15) is 0 Å². The van der Waals surface area contributed by atoms with E-state index in [0.717, 1.165) is 0 Å². The van der Waals surface area contributed by atoms with Crippen molar-refractivity contribution < 1.29 is 19.0 Å². The Morgan fingerprint density at radius 1 is 1.42 bits per heavy atom. The number of aromatic nitrogens is 1. The van der Waals surface area contributed by atoms with E-state index < -0.39 is 5.97 Å². The van der Waals surface area contributed by atoms with Gasteiger partial charge in [0.25, 0.3) is 0 Å². The molecule has 1 aromatic heterocycles. The maximum Gasteiger partial charge on any atom is 0.343 e. The fourth-order valence-electron chi connectivity index (χ4n) is 1.43. The van der Waals surface area contributed by atoms with Gasteiger partial charge in [0.05, 0.1) is 25.1 Å². The first-order valence-electron chi connectivity index (χ1n) is 6.25.